The summed E-state index contributed by atoms with van der Waals surface area (Å²) < 4.78 is 38.8. The fourth-order valence-corrected chi connectivity index (χ4v) is 5.97. The highest BCUT2D eigenvalue weighted by atomic mass is 32.3. The molecule has 174 valence electrons. The highest BCUT2D eigenvalue weighted by Gasteiger charge is 2.39. The minimum Gasteiger partial charge on any atom is -0.593 e. The molecule has 0 N–H and O–H groups in total. The zero-order valence-corrected chi connectivity index (χ0v) is 20.0. The van der Waals surface area contributed by atoms with Crippen LogP contribution in [-0.4, -0.2) is 37.6 Å². The van der Waals surface area contributed by atoms with Crippen molar-refractivity contribution in [2.75, 3.05) is 13.7 Å². The summed E-state index contributed by atoms with van der Waals surface area (Å²) in [6.45, 7) is 3.74. The second-order valence-electron chi connectivity index (χ2n) is 8.16. The number of ether oxygens (including phenoxy) is 1. The maximum atomic E-state index is 13.5. The Bertz CT molecular complexity index is 1370. The summed E-state index contributed by atoms with van der Waals surface area (Å²) in [7, 11) is -2.16. The van der Waals surface area contributed by atoms with Crippen LogP contribution in [-0.2, 0) is 27.6 Å². The lowest BCUT2D eigenvalue weighted by Gasteiger charge is -2.31. The molecule has 0 radical (unpaired) electrons. The van der Waals surface area contributed by atoms with Gasteiger partial charge in [0, 0.05) is 30.0 Å². The molecule has 1 unspecified atom stereocenters. The van der Waals surface area contributed by atoms with E-state index in [1.165, 1.54) is 4.31 Å². The van der Waals surface area contributed by atoms with Gasteiger partial charge in [0.05, 0.1) is 31.6 Å². The average Bonchev–Trinajstić information content (AvgIpc) is 3.22. The van der Waals surface area contributed by atoms with Crippen molar-refractivity contribution in [1.82, 2.24) is 19.4 Å². The van der Waals surface area contributed by atoms with Gasteiger partial charge < -0.3 is 13.8 Å². The van der Waals surface area contributed by atoms with Crippen molar-refractivity contribution < 1.29 is 18.0 Å². The third kappa shape index (κ3) is 3.91. The topological polar surface area (TPSA) is 104 Å². The molecule has 0 aliphatic carbocycles. The Hall–Kier alpha value is -3.40. The Labute approximate surface area is 199 Å². The van der Waals surface area contributed by atoms with E-state index in [1.807, 2.05) is 54.6 Å². The van der Waals surface area contributed by atoms with Crippen LogP contribution >= 0.6 is 0 Å². The van der Waals surface area contributed by atoms with E-state index in [1.54, 1.807) is 21.0 Å². The Morgan fingerprint density at radius 3 is 2.41 bits per heavy atom. The number of aromatic nitrogens is 3. The summed E-state index contributed by atoms with van der Waals surface area (Å²) in [6.07, 6.45) is 0.476. The molecule has 2 aromatic heterocycles. The second-order valence-corrected chi connectivity index (χ2v) is 10.0. The molecule has 0 amide bonds. The number of hydrogen-bond donors (Lipinski definition) is 0. The molecule has 0 saturated heterocycles. The van der Waals surface area contributed by atoms with E-state index in [0.717, 1.165) is 33.8 Å². The van der Waals surface area contributed by atoms with Gasteiger partial charge in [0.15, 0.2) is 22.0 Å². The number of fused-ring (bicyclic) bond motifs is 1. The quantitative estimate of drug-likeness (QED) is 0.394. The molecule has 0 fully saturated rings. The van der Waals surface area contributed by atoms with Crippen molar-refractivity contribution in [3.8, 4) is 28.4 Å². The number of aryl methyl sites for hydroxylation is 2. The second kappa shape index (κ2) is 8.75. The molecule has 8 nitrogen and oxygen atoms in total. The van der Waals surface area contributed by atoms with Crippen LogP contribution in [0.15, 0.2) is 64.0 Å². The predicted molar refractivity (Wildman–Crippen MR) is 127 cm³/mol. The van der Waals surface area contributed by atoms with Gasteiger partial charge >= 0.3 is 0 Å². The normalized spacial score (nSPS) is 15.5. The Morgan fingerprint density at radius 2 is 1.76 bits per heavy atom. The highest BCUT2D eigenvalue weighted by molar-refractivity contribution is 7.95. The molecular weight excluding hydrogens is 452 g/mol. The number of benzene rings is 2. The van der Waals surface area contributed by atoms with Gasteiger partial charge in [0.1, 0.15) is 11.4 Å². The van der Waals surface area contributed by atoms with Crippen LogP contribution in [0.25, 0.3) is 22.6 Å². The summed E-state index contributed by atoms with van der Waals surface area (Å²) >= 11 is 0. The standard InChI is InChI=1S/C25H24N4O4S/c1-16-24(17(2)33-28-16)34(30,31)29-14-13-22-21(15-29)23(18-7-5-4-6-8-18)27-25(26-22)19-9-11-20(32-3)12-10-19/h4-12H,13-15H2,1-3H3. The van der Waals surface area contributed by atoms with Gasteiger partial charge in [-0.3, -0.25) is 0 Å². The van der Waals surface area contributed by atoms with Crippen LogP contribution in [0.5, 0.6) is 5.75 Å². The molecule has 1 atom stereocenters. The molecule has 3 heterocycles. The van der Waals surface area contributed by atoms with E-state index in [4.69, 9.17) is 19.2 Å². The molecule has 1 aliphatic heterocycles. The first-order valence-corrected chi connectivity index (χ1v) is 12.3. The number of hydrogen-bond acceptors (Lipinski definition) is 7. The molecule has 0 bridgehead atoms. The predicted octanol–water partition coefficient (Wildman–Crippen LogP) is 4.39. The van der Waals surface area contributed by atoms with Gasteiger partial charge in [-0.05, 0) is 31.2 Å². The van der Waals surface area contributed by atoms with Gasteiger partial charge in [-0.25, -0.2) is 9.97 Å². The van der Waals surface area contributed by atoms with Gasteiger partial charge in [-0.1, -0.05) is 39.7 Å². The fourth-order valence-electron chi connectivity index (χ4n) is 4.27. The Balaban J connectivity index is 1.60. The number of nitrogens with zero attached hydrogens (tertiary/aromatic N) is 4. The van der Waals surface area contributed by atoms with E-state index in [-0.39, 0.29) is 17.2 Å². The van der Waals surface area contributed by atoms with E-state index in [2.05, 4.69) is 5.16 Å². The summed E-state index contributed by atoms with van der Waals surface area (Å²) in [4.78, 5) is 9.86. The fraction of sp³-hybridized carbons (Fsp3) is 0.240. The van der Waals surface area contributed by atoms with E-state index in [9.17, 15) is 8.76 Å². The van der Waals surface area contributed by atoms with Crippen molar-refractivity contribution in [2.45, 2.75) is 31.7 Å². The highest BCUT2D eigenvalue weighted by Crippen LogP contribution is 2.36. The van der Waals surface area contributed by atoms with Gasteiger partial charge in [0.2, 0.25) is 4.90 Å². The van der Waals surface area contributed by atoms with Crippen molar-refractivity contribution in [2.24, 2.45) is 0 Å². The maximum absolute atomic E-state index is 13.5. The Kier molecular flexibility index (Phi) is 5.76. The van der Waals surface area contributed by atoms with Crippen LogP contribution in [0.4, 0.5) is 0 Å². The summed E-state index contributed by atoms with van der Waals surface area (Å²) in [6, 6.07) is 17.4. The molecule has 5 rings (SSSR count). The van der Waals surface area contributed by atoms with Crippen molar-refractivity contribution in [1.29, 1.82) is 0 Å². The Morgan fingerprint density at radius 1 is 1.03 bits per heavy atom. The minimum absolute atomic E-state index is 0.132. The third-order valence-corrected chi connectivity index (χ3v) is 8.08. The molecule has 0 spiro atoms. The molecule has 9 heteroatoms. The van der Waals surface area contributed by atoms with E-state index in [0.29, 0.717) is 24.5 Å². The lowest BCUT2D eigenvalue weighted by Crippen LogP contribution is -2.41. The van der Waals surface area contributed by atoms with E-state index >= 15 is 0 Å². The first kappa shape index (κ1) is 22.4. The summed E-state index contributed by atoms with van der Waals surface area (Å²) in [5.41, 5.74) is 4.53. The number of methoxy groups -OCH3 is 1. The molecule has 34 heavy (non-hydrogen) atoms. The van der Waals surface area contributed by atoms with Crippen LogP contribution in [0.1, 0.15) is 22.7 Å². The van der Waals surface area contributed by atoms with Crippen molar-refractivity contribution in [3.63, 3.8) is 0 Å². The smallest absolute Gasteiger partial charge is 0.240 e. The largest absolute Gasteiger partial charge is 0.593 e. The lowest BCUT2D eigenvalue weighted by molar-refractivity contribution is 0.335. The monoisotopic (exact) mass is 476 g/mol. The van der Waals surface area contributed by atoms with Crippen molar-refractivity contribution >= 4 is 10.4 Å². The van der Waals surface area contributed by atoms with Gasteiger partial charge in [0.25, 0.3) is 0 Å². The van der Waals surface area contributed by atoms with Crippen LogP contribution in [0.2, 0.25) is 0 Å². The van der Waals surface area contributed by atoms with Crippen LogP contribution in [0.3, 0.4) is 0 Å². The lowest BCUT2D eigenvalue weighted by atomic mass is 9.99. The van der Waals surface area contributed by atoms with Gasteiger partial charge in [-0.15, -0.1) is 4.31 Å². The zero-order valence-electron chi connectivity index (χ0n) is 19.1. The number of rotatable bonds is 5. The third-order valence-electron chi connectivity index (χ3n) is 5.99. The summed E-state index contributed by atoms with van der Waals surface area (Å²) in [5, 5.41) is 3.83. The molecule has 1 aliphatic rings. The van der Waals surface area contributed by atoms with E-state index < -0.39 is 10.4 Å². The average molecular weight is 477 g/mol. The SMILES string of the molecule is COc1ccc(-c2nc3c(c(-c4ccccc4)n2)CN([S+](=O)([O-])c2c(C)noc2C)CC3)cc1. The van der Waals surface area contributed by atoms with Gasteiger partial charge in [-0.2, -0.15) is 0 Å². The maximum Gasteiger partial charge on any atom is 0.240 e. The molecule has 4 aromatic rings. The molecule has 2 aromatic carbocycles. The number of sulfonamides is 1. The first-order chi connectivity index (χ1) is 16.4. The zero-order chi connectivity index (χ0) is 23.9. The summed E-state index contributed by atoms with van der Waals surface area (Å²) in [5.74, 6) is 1.64. The molecular formula is C25H24N4O4S. The minimum atomic E-state index is -3.78. The molecule has 0 saturated carbocycles. The van der Waals surface area contributed by atoms with Crippen LogP contribution in [0, 0.1) is 13.8 Å². The van der Waals surface area contributed by atoms with Crippen molar-refractivity contribution in [3.05, 3.63) is 77.3 Å². The first-order valence-electron chi connectivity index (χ1n) is 10.9. The van der Waals surface area contributed by atoms with Crippen LogP contribution < -0.4 is 4.74 Å².